The van der Waals surface area contributed by atoms with E-state index in [1.807, 2.05) is 31.4 Å². The van der Waals surface area contributed by atoms with Crippen molar-refractivity contribution in [2.75, 3.05) is 18.0 Å². The molecule has 1 aliphatic carbocycles. The minimum absolute atomic E-state index is 0.227. The molecule has 2 aromatic heterocycles. The molecule has 3 heterocycles. The second kappa shape index (κ2) is 7.22. The molecule has 0 bridgehead atoms. The molecule has 0 amide bonds. The predicted molar refractivity (Wildman–Crippen MR) is 116 cm³/mol. The average Bonchev–Trinajstić information content (AvgIpc) is 3.25. The molecule has 1 saturated carbocycles. The van der Waals surface area contributed by atoms with E-state index in [2.05, 4.69) is 47.4 Å². The van der Waals surface area contributed by atoms with Crippen LogP contribution < -0.4 is 9.62 Å². The molecule has 2 atom stereocenters. The Balaban J connectivity index is 1.50. The first-order chi connectivity index (χ1) is 12.8. The van der Waals surface area contributed by atoms with Gasteiger partial charge in [-0.2, -0.15) is 0 Å². The van der Waals surface area contributed by atoms with Crippen molar-refractivity contribution in [3.8, 4) is 0 Å². The Labute approximate surface area is 176 Å². The number of rotatable bonds is 3. The number of hydrogen-bond donors (Lipinski definition) is 1. The molecule has 4 rings (SSSR count). The van der Waals surface area contributed by atoms with Crippen molar-refractivity contribution >= 4 is 45.2 Å². The van der Waals surface area contributed by atoms with E-state index in [1.54, 1.807) is 6.33 Å². The van der Waals surface area contributed by atoms with Crippen molar-refractivity contribution in [3.05, 3.63) is 16.1 Å². The summed E-state index contributed by atoms with van der Waals surface area (Å²) >= 11 is 2.25. The van der Waals surface area contributed by atoms with Gasteiger partial charge in [0.05, 0.1) is 19.3 Å². The quantitative estimate of drug-likeness (QED) is 0.654. The summed E-state index contributed by atoms with van der Waals surface area (Å²) in [6, 6.07) is 0.347. The van der Waals surface area contributed by atoms with Crippen LogP contribution in [0, 0.1) is 8.99 Å². The number of hydrogen-bond acceptors (Lipinski definition) is 5. The van der Waals surface area contributed by atoms with Gasteiger partial charge >= 0.3 is 0 Å². The largest absolute Gasteiger partial charge is 0.342 e. The molecule has 2 fully saturated rings. The summed E-state index contributed by atoms with van der Waals surface area (Å²) in [5.74, 6) is 0.922. The van der Waals surface area contributed by atoms with E-state index < -0.39 is 11.0 Å². The smallest absolute Gasteiger partial charge is 0.212 e. The zero-order valence-electron chi connectivity index (χ0n) is 16.1. The molecule has 1 N–H and O–H groups in total. The second-order valence-electron chi connectivity index (χ2n) is 8.72. The fourth-order valence-corrected chi connectivity index (χ4v) is 5.88. The highest BCUT2D eigenvalue weighted by molar-refractivity contribution is 14.1. The fourth-order valence-electron chi connectivity index (χ4n) is 4.39. The van der Waals surface area contributed by atoms with E-state index >= 15 is 0 Å². The van der Waals surface area contributed by atoms with Crippen LogP contribution in [-0.2, 0) is 11.0 Å². The fraction of sp³-hybridized carbons (Fsp3) is 0.722. The maximum atomic E-state index is 12.6. The Morgan fingerprint density at radius 1 is 1.30 bits per heavy atom. The van der Waals surface area contributed by atoms with Gasteiger partial charge in [-0.1, -0.05) is 6.42 Å². The van der Waals surface area contributed by atoms with Crippen LogP contribution in [0.2, 0.25) is 0 Å². The summed E-state index contributed by atoms with van der Waals surface area (Å²) < 4.78 is 18.9. The number of nitrogens with one attached hydrogen (secondary N) is 1. The third-order valence-electron chi connectivity index (χ3n) is 6.02. The lowest BCUT2D eigenvalue weighted by atomic mass is 9.74. The van der Waals surface area contributed by atoms with E-state index in [1.165, 1.54) is 12.8 Å². The Morgan fingerprint density at radius 2 is 2.04 bits per heavy atom. The van der Waals surface area contributed by atoms with Crippen molar-refractivity contribution in [2.45, 2.75) is 63.7 Å². The van der Waals surface area contributed by atoms with Crippen molar-refractivity contribution in [1.82, 2.24) is 24.3 Å². The van der Waals surface area contributed by atoms with Gasteiger partial charge in [-0.3, -0.25) is 4.40 Å². The molecule has 0 radical (unpaired) electrons. The van der Waals surface area contributed by atoms with Gasteiger partial charge < -0.3 is 4.90 Å². The van der Waals surface area contributed by atoms with E-state index in [0.717, 1.165) is 47.5 Å². The second-order valence-corrected chi connectivity index (χ2v) is 11.9. The van der Waals surface area contributed by atoms with Crippen LogP contribution in [0.15, 0.2) is 12.5 Å². The third kappa shape index (κ3) is 3.62. The number of halogens is 1. The minimum Gasteiger partial charge on any atom is -0.342 e. The number of fused-ring (bicyclic) bond motifs is 1. The van der Waals surface area contributed by atoms with Crippen LogP contribution >= 0.6 is 22.6 Å². The molecular formula is C18H27IN6OS. The maximum absolute atomic E-state index is 12.6. The molecular weight excluding hydrogens is 475 g/mol. The van der Waals surface area contributed by atoms with Gasteiger partial charge in [0, 0.05) is 25.3 Å². The first kappa shape index (κ1) is 19.5. The number of nitrogens with zero attached hydrogens (tertiary/aromatic N) is 5. The van der Waals surface area contributed by atoms with Gasteiger partial charge in [0.25, 0.3) is 0 Å². The van der Waals surface area contributed by atoms with Gasteiger partial charge in [0.2, 0.25) is 5.95 Å². The monoisotopic (exact) mass is 502 g/mol. The van der Waals surface area contributed by atoms with Gasteiger partial charge in [0.15, 0.2) is 5.65 Å². The first-order valence-electron chi connectivity index (χ1n) is 9.57. The van der Waals surface area contributed by atoms with Crippen molar-refractivity contribution in [3.63, 3.8) is 0 Å². The van der Waals surface area contributed by atoms with Crippen LogP contribution in [0.1, 0.15) is 52.9 Å². The van der Waals surface area contributed by atoms with Crippen LogP contribution in [0.5, 0.6) is 0 Å². The number of anilines is 1. The zero-order chi connectivity index (χ0) is 19.2. The average molecular weight is 502 g/mol. The summed E-state index contributed by atoms with van der Waals surface area (Å²) in [5, 5.41) is 8.26. The molecule has 7 nitrogen and oxygen atoms in total. The van der Waals surface area contributed by atoms with E-state index in [-0.39, 0.29) is 10.2 Å². The first-order valence-corrected chi connectivity index (χ1v) is 11.8. The topological polar surface area (TPSA) is 75.4 Å². The molecule has 1 spiro atoms. The highest BCUT2D eigenvalue weighted by Gasteiger charge is 2.46. The van der Waals surface area contributed by atoms with Crippen molar-refractivity contribution in [2.24, 2.45) is 5.41 Å². The number of aromatic nitrogens is 4. The van der Waals surface area contributed by atoms with Gasteiger partial charge in [-0.15, -0.1) is 10.2 Å². The van der Waals surface area contributed by atoms with Crippen LogP contribution in [0.25, 0.3) is 5.65 Å². The minimum atomic E-state index is -1.01. The Kier molecular flexibility index (Phi) is 5.21. The Bertz CT molecular complexity index is 855. The summed E-state index contributed by atoms with van der Waals surface area (Å²) in [4.78, 5) is 7.00. The standard InChI is InChI=1S/C18H27IN6OS/c1-17(2,3)27(26)23-14-5-4-6-18(14)7-9-24(10-8-18)16-20-11-13(19)15-22-21-12-25(15)16/h11-12,14,23H,4-10H2,1-3H3/t14-,27+/m1/s1. The molecule has 148 valence electrons. The molecule has 0 aromatic carbocycles. The van der Waals surface area contributed by atoms with Crippen molar-refractivity contribution in [1.29, 1.82) is 0 Å². The highest BCUT2D eigenvalue weighted by Crippen LogP contribution is 2.47. The lowest BCUT2D eigenvalue weighted by Crippen LogP contribution is -2.51. The summed E-state index contributed by atoms with van der Waals surface area (Å²) in [6.45, 7) is 8.02. The van der Waals surface area contributed by atoms with E-state index in [4.69, 9.17) is 0 Å². The lowest BCUT2D eigenvalue weighted by Gasteiger charge is -2.44. The molecule has 2 aliphatic rings. The lowest BCUT2D eigenvalue weighted by molar-refractivity contribution is 0.187. The van der Waals surface area contributed by atoms with Gasteiger partial charge in [0.1, 0.15) is 6.33 Å². The van der Waals surface area contributed by atoms with Gasteiger partial charge in [-0.05, 0) is 74.5 Å². The van der Waals surface area contributed by atoms with E-state index in [0.29, 0.717) is 6.04 Å². The molecule has 1 aliphatic heterocycles. The van der Waals surface area contributed by atoms with E-state index in [9.17, 15) is 4.21 Å². The summed E-state index contributed by atoms with van der Waals surface area (Å²) in [6.07, 6.45) is 9.39. The predicted octanol–water partition coefficient (Wildman–Crippen LogP) is 2.92. The van der Waals surface area contributed by atoms with Crippen LogP contribution in [-0.4, -0.2) is 47.7 Å². The maximum Gasteiger partial charge on any atom is 0.212 e. The Morgan fingerprint density at radius 3 is 2.74 bits per heavy atom. The molecule has 2 aromatic rings. The normalized spacial score (nSPS) is 24.0. The SMILES string of the molecule is CC(C)(C)[S@](=O)N[C@@H]1CCCC12CCN(c1ncc(I)c3nncn13)CC2. The molecule has 1 saturated heterocycles. The summed E-state index contributed by atoms with van der Waals surface area (Å²) in [5.41, 5.74) is 1.12. The number of piperidine rings is 1. The Hall–Kier alpha value is -0.810. The summed E-state index contributed by atoms with van der Waals surface area (Å²) in [7, 11) is -1.01. The zero-order valence-corrected chi connectivity index (χ0v) is 19.1. The van der Waals surface area contributed by atoms with Crippen LogP contribution in [0.3, 0.4) is 0 Å². The van der Waals surface area contributed by atoms with Crippen LogP contribution in [0.4, 0.5) is 5.95 Å². The molecule has 9 heteroatoms. The molecule has 27 heavy (non-hydrogen) atoms. The van der Waals surface area contributed by atoms with Gasteiger partial charge in [-0.25, -0.2) is 13.9 Å². The molecule has 0 unspecified atom stereocenters. The third-order valence-corrected chi connectivity index (χ3v) is 8.40. The van der Waals surface area contributed by atoms with Crippen molar-refractivity contribution < 1.29 is 4.21 Å². The highest BCUT2D eigenvalue weighted by atomic mass is 127.